The number of amides is 3. The summed E-state index contributed by atoms with van der Waals surface area (Å²) < 4.78 is 0. The van der Waals surface area contributed by atoms with Gasteiger partial charge < -0.3 is 38.5 Å². The highest BCUT2D eigenvalue weighted by Crippen LogP contribution is 2.41. The highest BCUT2D eigenvalue weighted by atomic mass is 16.2. The first-order valence-corrected chi connectivity index (χ1v) is 26.5. The van der Waals surface area contributed by atoms with Crippen LogP contribution in [0.2, 0.25) is 0 Å². The Morgan fingerprint density at radius 1 is 0.462 bits per heavy atom. The number of carbonyl (C=O) groups is 7. The fourth-order valence-corrected chi connectivity index (χ4v) is 11.2. The van der Waals surface area contributed by atoms with E-state index in [4.69, 9.17) is 0 Å². The molecule has 0 aliphatic carbocycles. The van der Waals surface area contributed by atoms with Crippen LogP contribution in [0.3, 0.4) is 0 Å². The van der Waals surface area contributed by atoms with Crippen molar-refractivity contribution in [3.8, 4) is 33.4 Å². The van der Waals surface area contributed by atoms with Crippen LogP contribution in [0, 0.1) is 5.92 Å². The van der Waals surface area contributed by atoms with Crippen molar-refractivity contribution in [3.63, 3.8) is 0 Å². The molecule has 0 bridgehead atoms. The lowest BCUT2D eigenvalue weighted by Gasteiger charge is -2.38. The molecule has 3 aliphatic rings. The van der Waals surface area contributed by atoms with E-state index < -0.39 is 11.3 Å². The molecule has 6 aromatic carbocycles. The Balaban J connectivity index is 0.000000170. The molecule has 395 valence electrons. The Kier molecular flexibility index (Phi) is 18.9. The average molecular weight is 1040 g/mol. The predicted octanol–water partition coefficient (Wildman–Crippen LogP) is 9.78. The summed E-state index contributed by atoms with van der Waals surface area (Å²) >= 11 is 0. The lowest BCUT2D eigenvalue weighted by molar-refractivity contribution is -0.131. The molecule has 3 aliphatic heterocycles. The smallest absolute Gasteiger partial charge is 0.331 e. The van der Waals surface area contributed by atoms with E-state index in [9.17, 15) is 33.6 Å². The maximum atomic E-state index is 12.8. The molecule has 14 heteroatoms. The first kappa shape index (κ1) is 57.8. The van der Waals surface area contributed by atoms with Gasteiger partial charge >= 0.3 is 22.2 Å². The van der Waals surface area contributed by atoms with Gasteiger partial charge in [-0.2, -0.15) is 0 Å². The van der Waals surface area contributed by atoms with Crippen LogP contribution in [0.15, 0.2) is 176 Å². The van der Waals surface area contributed by atoms with Gasteiger partial charge in [0, 0.05) is 66.7 Å². The lowest BCUT2D eigenvalue weighted by atomic mass is 9.73. The quantitative estimate of drug-likeness (QED) is 0.0382. The van der Waals surface area contributed by atoms with Gasteiger partial charge in [0.1, 0.15) is 24.8 Å². The molecule has 3 saturated heterocycles. The second kappa shape index (κ2) is 25.5. The second-order valence-corrected chi connectivity index (χ2v) is 22.0. The van der Waals surface area contributed by atoms with Crippen molar-refractivity contribution >= 4 is 64.8 Å². The molecular formula is C64H68B3N4O7. The van der Waals surface area contributed by atoms with Crippen molar-refractivity contribution in [1.29, 1.82) is 0 Å². The molecule has 6 aromatic rings. The van der Waals surface area contributed by atoms with Gasteiger partial charge in [0.25, 0.3) is 0 Å². The van der Waals surface area contributed by atoms with Crippen molar-refractivity contribution in [3.05, 3.63) is 192 Å². The largest absolute Gasteiger partial charge is 0.383 e. The third-order valence-electron chi connectivity index (χ3n) is 15.8. The van der Waals surface area contributed by atoms with Crippen molar-refractivity contribution in [2.75, 3.05) is 14.1 Å². The van der Waals surface area contributed by atoms with Crippen LogP contribution in [0.25, 0.3) is 33.4 Å². The van der Waals surface area contributed by atoms with Crippen molar-refractivity contribution < 1.29 is 33.6 Å². The molecule has 1 unspecified atom stereocenters. The second-order valence-electron chi connectivity index (χ2n) is 22.0. The van der Waals surface area contributed by atoms with Crippen LogP contribution in [0.4, 0.5) is 0 Å². The molecule has 4 atom stereocenters. The molecule has 0 N–H and O–H groups in total. The van der Waals surface area contributed by atoms with Crippen molar-refractivity contribution in [2.24, 2.45) is 5.92 Å². The van der Waals surface area contributed by atoms with Crippen LogP contribution in [0.1, 0.15) is 83.9 Å². The third-order valence-corrected chi connectivity index (χ3v) is 15.8. The van der Waals surface area contributed by atoms with E-state index in [1.807, 2.05) is 93.6 Å². The number of carbonyl (C=O) groups excluding carboxylic acids is 7. The van der Waals surface area contributed by atoms with E-state index in [2.05, 4.69) is 137 Å². The minimum atomic E-state index is -0.681. The van der Waals surface area contributed by atoms with Crippen LogP contribution >= 0.6 is 0 Å². The number of benzene rings is 6. The minimum absolute atomic E-state index is 0.0118. The monoisotopic (exact) mass is 1040 g/mol. The first-order valence-electron chi connectivity index (χ1n) is 26.5. The molecular weight excluding hydrogens is 969 g/mol. The van der Waals surface area contributed by atoms with Gasteiger partial charge in [-0.15, -0.1) is 0 Å². The average Bonchev–Trinajstić information content (AvgIpc) is 4.22. The molecule has 78 heavy (non-hydrogen) atoms. The molecule has 3 heterocycles. The molecule has 9 rings (SSSR count). The van der Waals surface area contributed by atoms with Crippen LogP contribution in [0.5, 0.6) is 0 Å². The van der Waals surface area contributed by atoms with E-state index in [1.54, 1.807) is 9.62 Å². The van der Waals surface area contributed by atoms with E-state index in [0.29, 0.717) is 44.1 Å². The standard InChI is InChI=1S/C23H26BN2O2.C21H21BNO3.C20H21BNO2/c1-23(2,20-12-10-18(11-13-20)17-8-6-5-7-9-17)21-14-19(15-25(3)4)22(28)26(21)24-16-27;1-21(2,19-12-17(13-24)20(26)23(19)22-14-25)18-10-8-16(9-11-18)15-6-4-3-5-7-15;1-20(2,18-12-13-19(24)22(18)21-14-23)17-10-8-16(9-11-17)15-6-4-3-5-7-15/h5-13,15-16,21H,14H2,1-4H3;3-11,13-14,17,19H,12H2,1-2H3;3-11,14,18H,12-13H2,1-2H3/b19-15-;;/t21-;17?,19-;18-/m000/s1. The Bertz CT molecular complexity index is 3060. The Hall–Kier alpha value is -7.86. The number of nitrogens with zero attached hydrogens (tertiary/aromatic N) is 4. The minimum Gasteiger partial charge on any atom is -0.383 e. The number of hydrogen-bond acceptors (Lipinski definition) is 8. The summed E-state index contributed by atoms with van der Waals surface area (Å²) in [5, 5.41) is 0. The maximum absolute atomic E-state index is 12.8. The van der Waals surface area contributed by atoms with Crippen molar-refractivity contribution in [2.45, 2.75) is 102 Å². The number of rotatable bonds is 17. The summed E-state index contributed by atoms with van der Waals surface area (Å²) in [6, 6.07) is 55.5. The van der Waals surface area contributed by atoms with Gasteiger partial charge in [0.2, 0.25) is 17.7 Å². The highest BCUT2D eigenvalue weighted by molar-refractivity contribution is 6.67. The van der Waals surface area contributed by atoms with Gasteiger partial charge in [-0.1, -0.05) is 205 Å². The van der Waals surface area contributed by atoms with Gasteiger partial charge in [0.15, 0.2) is 0 Å². The van der Waals surface area contributed by atoms with E-state index in [1.165, 1.54) is 49.3 Å². The lowest BCUT2D eigenvalue weighted by Crippen LogP contribution is -2.47. The summed E-state index contributed by atoms with van der Waals surface area (Å²) in [5.74, 6) is -1.05. The zero-order valence-electron chi connectivity index (χ0n) is 46.0. The molecule has 0 saturated carbocycles. The predicted molar refractivity (Wildman–Crippen MR) is 314 cm³/mol. The molecule has 0 aromatic heterocycles. The third kappa shape index (κ3) is 12.9. The zero-order valence-corrected chi connectivity index (χ0v) is 46.0. The summed E-state index contributed by atoms with van der Waals surface area (Å²) in [4.78, 5) is 87.9. The normalized spacial score (nSPS) is 18.8. The van der Waals surface area contributed by atoms with Gasteiger partial charge in [0.05, 0.1) is 5.92 Å². The first-order chi connectivity index (χ1) is 37.4. The van der Waals surface area contributed by atoms with Crippen LogP contribution < -0.4 is 0 Å². The Morgan fingerprint density at radius 3 is 1.21 bits per heavy atom. The van der Waals surface area contributed by atoms with E-state index >= 15 is 0 Å². The number of aldehydes is 1. The molecule has 3 fully saturated rings. The molecule has 0 spiro atoms. The van der Waals surface area contributed by atoms with Crippen molar-refractivity contribution in [1.82, 2.24) is 19.3 Å². The summed E-state index contributed by atoms with van der Waals surface area (Å²) in [5.41, 5.74) is 10.1. The Labute approximate surface area is 462 Å². The molecule has 3 amide bonds. The van der Waals surface area contributed by atoms with E-state index in [-0.39, 0.29) is 46.7 Å². The van der Waals surface area contributed by atoms with Gasteiger partial charge in [-0.25, -0.2) is 0 Å². The summed E-state index contributed by atoms with van der Waals surface area (Å²) in [7, 11) is 7.78. The fourth-order valence-electron chi connectivity index (χ4n) is 11.2. The molecule has 11 nitrogen and oxygen atoms in total. The summed E-state index contributed by atoms with van der Waals surface area (Å²) in [6.45, 7) is 12.6. The SMILES string of the molecule is CC(C)(c1ccc(-c2ccccc2)cc1)[C@@H]1CC(C=O)C(=O)N1[B]C=O.CC(C)(c1ccc(-c2ccccc2)cc1)[C@@H]1CCC(=O)N1[B]C=O.CN(C)/C=C1/C[C@@H](C(C)(C)c2ccc(-c3ccccc3)cc2)N([B]C=O)C1=O. The summed E-state index contributed by atoms with van der Waals surface area (Å²) in [6.07, 6.45) is 6.83. The molecule has 3 radical (unpaired) electrons. The highest BCUT2D eigenvalue weighted by Gasteiger charge is 2.48. The maximum Gasteiger partial charge on any atom is 0.331 e. The Morgan fingerprint density at radius 2 is 0.821 bits per heavy atom. The fraction of sp³-hybridized carbons (Fsp3) is 0.297. The van der Waals surface area contributed by atoms with Crippen LogP contribution in [-0.2, 0) is 49.8 Å². The zero-order chi connectivity index (χ0) is 56.2. The van der Waals surface area contributed by atoms with Gasteiger partial charge in [-0.05, 0) is 69.3 Å². The van der Waals surface area contributed by atoms with Gasteiger partial charge in [-0.3, -0.25) is 14.4 Å². The van der Waals surface area contributed by atoms with Crippen LogP contribution in [-0.4, -0.2) is 116 Å². The topological polar surface area (TPSA) is 132 Å². The van der Waals surface area contributed by atoms with E-state index in [0.717, 1.165) is 39.8 Å². The number of hydrogen-bond donors (Lipinski definition) is 0.